The van der Waals surface area contributed by atoms with Crippen LogP contribution < -0.4 is 5.73 Å². The van der Waals surface area contributed by atoms with Crippen molar-refractivity contribution in [2.24, 2.45) is 5.73 Å². The van der Waals surface area contributed by atoms with Gasteiger partial charge in [0.1, 0.15) is 5.82 Å². The fraction of sp³-hybridized carbons (Fsp3) is 0.667. The summed E-state index contributed by atoms with van der Waals surface area (Å²) in [5.41, 5.74) is 6.92. The molecule has 1 saturated heterocycles. The quantitative estimate of drug-likeness (QED) is 0.910. The molecule has 1 aliphatic heterocycles. The zero-order valence-electron chi connectivity index (χ0n) is 11.7. The Bertz CT molecular complexity index is 379. The molecule has 1 aromatic heterocycles. The first-order chi connectivity index (χ1) is 9.16. The van der Waals surface area contributed by atoms with E-state index in [1.807, 2.05) is 0 Å². The van der Waals surface area contributed by atoms with Crippen molar-refractivity contribution in [2.75, 3.05) is 13.1 Å². The second-order valence-corrected chi connectivity index (χ2v) is 5.53. The van der Waals surface area contributed by atoms with Crippen molar-refractivity contribution in [3.05, 3.63) is 29.8 Å². The maximum atomic E-state index is 12.8. The summed E-state index contributed by atoms with van der Waals surface area (Å²) < 4.78 is 12.8. The predicted molar refractivity (Wildman–Crippen MR) is 75.2 cm³/mol. The molecule has 4 heteroatoms. The standard InChI is InChI=1S/C15H24FN3/c1-12-5-3-2-4-9-19(12)10-8-14(17)15-7-6-13(16)11-18-15/h6-7,11-12,14H,2-5,8-10,17H2,1H3. The molecule has 0 aromatic carbocycles. The highest BCUT2D eigenvalue weighted by molar-refractivity contribution is 5.09. The van der Waals surface area contributed by atoms with Gasteiger partial charge >= 0.3 is 0 Å². The maximum absolute atomic E-state index is 12.8. The monoisotopic (exact) mass is 265 g/mol. The molecule has 0 bridgehead atoms. The van der Waals surface area contributed by atoms with Crippen LogP contribution in [0.15, 0.2) is 18.3 Å². The number of hydrogen-bond acceptors (Lipinski definition) is 3. The Morgan fingerprint density at radius 3 is 3.00 bits per heavy atom. The van der Waals surface area contributed by atoms with Crippen molar-refractivity contribution in [1.29, 1.82) is 0 Å². The topological polar surface area (TPSA) is 42.1 Å². The van der Waals surface area contributed by atoms with Crippen LogP contribution in [0, 0.1) is 5.82 Å². The molecular weight excluding hydrogens is 241 g/mol. The number of hydrogen-bond donors (Lipinski definition) is 1. The summed E-state index contributed by atoms with van der Waals surface area (Å²) in [5, 5.41) is 0. The van der Waals surface area contributed by atoms with Gasteiger partial charge in [-0.05, 0) is 44.9 Å². The van der Waals surface area contributed by atoms with Crippen LogP contribution in [0.1, 0.15) is 50.8 Å². The highest BCUT2D eigenvalue weighted by Crippen LogP contribution is 2.19. The number of nitrogens with two attached hydrogens (primary N) is 1. The number of nitrogens with zero attached hydrogens (tertiary/aromatic N) is 2. The van der Waals surface area contributed by atoms with Gasteiger partial charge in [-0.2, -0.15) is 0 Å². The van der Waals surface area contributed by atoms with E-state index >= 15 is 0 Å². The van der Waals surface area contributed by atoms with Crippen LogP contribution in [-0.2, 0) is 0 Å². The molecule has 2 atom stereocenters. The Morgan fingerprint density at radius 2 is 2.26 bits per heavy atom. The molecule has 0 spiro atoms. The van der Waals surface area contributed by atoms with E-state index in [1.54, 1.807) is 6.07 Å². The minimum Gasteiger partial charge on any atom is -0.323 e. The van der Waals surface area contributed by atoms with Crippen LogP contribution in [0.3, 0.4) is 0 Å². The largest absolute Gasteiger partial charge is 0.323 e. The normalized spacial score (nSPS) is 23.0. The molecule has 1 aliphatic rings. The molecule has 0 radical (unpaired) electrons. The van der Waals surface area contributed by atoms with Crippen LogP contribution in [0.25, 0.3) is 0 Å². The summed E-state index contributed by atoms with van der Waals surface area (Å²) in [6.07, 6.45) is 7.36. The number of halogens is 1. The van der Waals surface area contributed by atoms with E-state index in [1.165, 1.54) is 44.5 Å². The molecule has 2 unspecified atom stereocenters. The average molecular weight is 265 g/mol. The third kappa shape index (κ3) is 4.25. The summed E-state index contributed by atoms with van der Waals surface area (Å²) in [7, 11) is 0. The van der Waals surface area contributed by atoms with Crippen molar-refractivity contribution < 1.29 is 4.39 Å². The van der Waals surface area contributed by atoms with Crippen LogP contribution in [0.2, 0.25) is 0 Å². The second kappa shape index (κ2) is 6.96. The number of aromatic nitrogens is 1. The van der Waals surface area contributed by atoms with Crippen LogP contribution in [-0.4, -0.2) is 29.0 Å². The second-order valence-electron chi connectivity index (χ2n) is 5.53. The Labute approximate surface area is 115 Å². The van der Waals surface area contributed by atoms with E-state index in [0.717, 1.165) is 18.7 Å². The molecule has 0 saturated carbocycles. The molecule has 3 nitrogen and oxygen atoms in total. The first-order valence-corrected chi connectivity index (χ1v) is 7.28. The van der Waals surface area contributed by atoms with Crippen molar-refractivity contribution in [2.45, 2.75) is 51.1 Å². The summed E-state index contributed by atoms with van der Waals surface area (Å²) in [6, 6.07) is 3.66. The molecular formula is C15H24FN3. The number of pyridine rings is 1. The van der Waals surface area contributed by atoms with Crippen molar-refractivity contribution in [3.63, 3.8) is 0 Å². The minimum absolute atomic E-state index is 0.101. The van der Waals surface area contributed by atoms with Gasteiger partial charge in [0.25, 0.3) is 0 Å². The van der Waals surface area contributed by atoms with E-state index in [4.69, 9.17) is 5.73 Å². The molecule has 2 heterocycles. The predicted octanol–water partition coefficient (Wildman–Crippen LogP) is 2.88. The van der Waals surface area contributed by atoms with Gasteiger partial charge in [0, 0.05) is 18.6 Å². The minimum atomic E-state index is -0.308. The first-order valence-electron chi connectivity index (χ1n) is 7.28. The molecule has 0 amide bonds. The third-order valence-corrected chi connectivity index (χ3v) is 4.05. The van der Waals surface area contributed by atoms with Gasteiger partial charge in [0.05, 0.1) is 11.9 Å². The number of rotatable bonds is 4. The molecule has 2 N–H and O–H groups in total. The Kier molecular flexibility index (Phi) is 5.28. The molecule has 1 aromatic rings. The lowest BCUT2D eigenvalue weighted by atomic mass is 10.1. The summed E-state index contributed by atoms with van der Waals surface area (Å²) in [4.78, 5) is 6.59. The Morgan fingerprint density at radius 1 is 1.42 bits per heavy atom. The van der Waals surface area contributed by atoms with Gasteiger partial charge in [-0.15, -0.1) is 0 Å². The molecule has 106 valence electrons. The van der Waals surface area contributed by atoms with E-state index in [0.29, 0.717) is 6.04 Å². The lowest BCUT2D eigenvalue weighted by Gasteiger charge is -2.27. The zero-order chi connectivity index (χ0) is 13.7. The van der Waals surface area contributed by atoms with Gasteiger partial charge in [-0.25, -0.2) is 4.39 Å². The molecule has 0 aliphatic carbocycles. The number of likely N-dealkylation sites (tertiary alicyclic amines) is 1. The van der Waals surface area contributed by atoms with Crippen molar-refractivity contribution in [1.82, 2.24) is 9.88 Å². The highest BCUT2D eigenvalue weighted by atomic mass is 19.1. The van der Waals surface area contributed by atoms with Crippen molar-refractivity contribution >= 4 is 0 Å². The lowest BCUT2D eigenvalue weighted by Crippen LogP contribution is -2.35. The van der Waals surface area contributed by atoms with E-state index in [-0.39, 0.29) is 11.9 Å². The molecule has 19 heavy (non-hydrogen) atoms. The van der Waals surface area contributed by atoms with Crippen molar-refractivity contribution in [3.8, 4) is 0 Å². The van der Waals surface area contributed by atoms with Crippen LogP contribution in [0.4, 0.5) is 4.39 Å². The molecule has 1 fully saturated rings. The van der Waals surface area contributed by atoms with Crippen LogP contribution >= 0.6 is 0 Å². The summed E-state index contributed by atoms with van der Waals surface area (Å²) in [5.74, 6) is -0.308. The summed E-state index contributed by atoms with van der Waals surface area (Å²) in [6.45, 7) is 4.47. The molecule has 2 rings (SSSR count). The van der Waals surface area contributed by atoms with E-state index in [9.17, 15) is 4.39 Å². The Hall–Kier alpha value is -1.00. The summed E-state index contributed by atoms with van der Waals surface area (Å²) >= 11 is 0. The average Bonchev–Trinajstić information content (AvgIpc) is 2.61. The van der Waals surface area contributed by atoms with E-state index < -0.39 is 0 Å². The first kappa shape index (κ1) is 14.4. The zero-order valence-corrected chi connectivity index (χ0v) is 11.7. The van der Waals surface area contributed by atoms with Gasteiger partial charge in [0.15, 0.2) is 0 Å². The van der Waals surface area contributed by atoms with Gasteiger partial charge in [-0.1, -0.05) is 12.8 Å². The Balaban J connectivity index is 1.85. The SMILES string of the molecule is CC1CCCCCN1CCC(N)c1ccc(F)cn1. The van der Waals surface area contributed by atoms with Gasteiger partial charge < -0.3 is 10.6 Å². The van der Waals surface area contributed by atoms with Crippen LogP contribution in [0.5, 0.6) is 0 Å². The lowest BCUT2D eigenvalue weighted by molar-refractivity contribution is 0.206. The fourth-order valence-electron chi connectivity index (χ4n) is 2.73. The van der Waals surface area contributed by atoms with Gasteiger partial charge in [-0.3, -0.25) is 4.98 Å². The fourth-order valence-corrected chi connectivity index (χ4v) is 2.73. The highest BCUT2D eigenvalue weighted by Gasteiger charge is 2.18. The third-order valence-electron chi connectivity index (χ3n) is 4.05. The van der Waals surface area contributed by atoms with E-state index in [2.05, 4.69) is 16.8 Å². The maximum Gasteiger partial charge on any atom is 0.141 e. The van der Waals surface area contributed by atoms with Gasteiger partial charge in [0.2, 0.25) is 0 Å². The smallest absolute Gasteiger partial charge is 0.141 e.